The van der Waals surface area contributed by atoms with E-state index in [0.29, 0.717) is 19.1 Å². The van der Waals surface area contributed by atoms with Crippen molar-refractivity contribution in [2.24, 2.45) is 5.92 Å². The molecule has 0 spiro atoms. The highest BCUT2D eigenvalue weighted by Crippen LogP contribution is 1.89. The molecule has 0 radical (unpaired) electrons. The van der Waals surface area contributed by atoms with Gasteiger partial charge in [-0.25, -0.2) is 0 Å². The molecule has 0 aliphatic rings. The first kappa shape index (κ1) is 14.9. The fraction of sp³-hybridized carbons (Fsp3) is 0.818. The minimum atomic E-state index is -0.304. The maximum Gasteiger partial charge on any atom is 0.320 e. The third-order valence-electron chi connectivity index (χ3n) is 1.83. The highest BCUT2D eigenvalue weighted by atomic mass is 16.5. The molecule has 0 unspecified atom stereocenters. The molecule has 0 saturated heterocycles. The van der Waals surface area contributed by atoms with Gasteiger partial charge < -0.3 is 10.1 Å². The van der Waals surface area contributed by atoms with Crippen LogP contribution < -0.4 is 5.32 Å². The van der Waals surface area contributed by atoms with Gasteiger partial charge in [0.1, 0.15) is 0 Å². The van der Waals surface area contributed by atoms with Crippen molar-refractivity contribution >= 4 is 11.9 Å². The number of amides is 1. The van der Waals surface area contributed by atoms with Gasteiger partial charge in [-0.15, -0.1) is 0 Å². The van der Waals surface area contributed by atoms with Gasteiger partial charge in [0, 0.05) is 6.54 Å². The van der Waals surface area contributed by atoms with Crippen LogP contribution in [0.15, 0.2) is 0 Å². The fourth-order valence-electron chi connectivity index (χ4n) is 1.10. The second kappa shape index (κ2) is 8.10. The third-order valence-corrected chi connectivity index (χ3v) is 1.83. The third kappa shape index (κ3) is 8.23. The maximum atomic E-state index is 11.4. The van der Waals surface area contributed by atoms with Crippen molar-refractivity contribution in [2.45, 2.75) is 20.8 Å². The molecule has 94 valence electrons. The molecule has 0 aromatic heterocycles. The summed E-state index contributed by atoms with van der Waals surface area (Å²) in [5, 5.41) is 2.79. The molecule has 0 aromatic rings. The topological polar surface area (TPSA) is 58.6 Å². The molecular weight excluding hydrogens is 208 g/mol. The zero-order valence-corrected chi connectivity index (χ0v) is 10.6. The van der Waals surface area contributed by atoms with Crippen LogP contribution in [-0.4, -0.2) is 50.1 Å². The van der Waals surface area contributed by atoms with E-state index in [1.54, 1.807) is 18.9 Å². The molecule has 0 atom stereocenters. The van der Waals surface area contributed by atoms with Crippen molar-refractivity contribution in [1.82, 2.24) is 10.2 Å². The Balaban J connectivity index is 3.73. The number of carbonyl (C=O) groups excluding carboxylic acids is 2. The Morgan fingerprint density at radius 1 is 1.31 bits per heavy atom. The summed E-state index contributed by atoms with van der Waals surface area (Å²) in [5.74, 6) is 0.0569. The quantitative estimate of drug-likeness (QED) is 0.637. The Bertz CT molecular complexity index is 229. The van der Waals surface area contributed by atoms with E-state index in [1.165, 1.54) is 0 Å². The van der Waals surface area contributed by atoms with Gasteiger partial charge in [-0.3, -0.25) is 14.5 Å². The largest absolute Gasteiger partial charge is 0.465 e. The summed E-state index contributed by atoms with van der Waals surface area (Å²) in [4.78, 5) is 24.1. The van der Waals surface area contributed by atoms with Crippen LogP contribution in [0.25, 0.3) is 0 Å². The average Bonchev–Trinajstić information content (AvgIpc) is 2.14. The van der Waals surface area contributed by atoms with Gasteiger partial charge in [-0.1, -0.05) is 13.8 Å². The zero-order valence-electron chi connectivity index (χ0n) is 10.6. The Morgan fingerprint density at radius 3 is 2.44 bits per heavy atom. The number of hydrogen-bond donors (Lipinski definition) is 1. The summed E-state index contributed by atoms with van der Waals surface area (Å²) in [6.07, 6.45) is 0. The van der Waals surface area contributed by atoms with Crippen LogP contribution in [-0.2, 0) is 14.3 Å². The monoisotopic (exact) mass is 230 g/mol. The van der Waals surface area contributed by atoms with E-state index in [4.69, 9.17) is 4.74 Å². The van der Waals surface area contributed by atoms with E-state index < -0.39 is 0 Å². The van der Waals surface area contributed by atoms with E-state index in [9.17, 15) is 9.59 Å². The number of esters is 1. The lowest BCUT2D eigenvalue weighted by Gasteiger charge is -2.15. The van der Waals surface area contributed by atoms with Crippen LogP contribution >= 0.6 is 0 Å². The average molecular weight is 230 g/mol. The van der Waals surface area contributed by atoms with Crippen molar-refractivity contribution in [2.75, 3.05) is 33.3 Å². The Hall–Kier alpha value is -1.10. The normalized spacial score (nSPS) is 10.6. The summed E-state index contributed by atoms with van der Waals surface area (Å²) in [6.45, 7) is 7.20. The first-order valence-corrected chi connectivity index (χ1v) is 5.56. The minimum absolute atomic E-state index is 0.0690. The molecular formula is C11H22N2O3. The number of ether oxygens (including phenoxy) is 1. The predicted molar refractivity (Wildman–Crippen MR) is 62.0 cm³/mol. The molecule has 0 aliphatic heterocycles. The lowest BCUT2D eigenvalue weighted by Crippen LogP contribution is -2.39. The second-order valence-corrected chi connectivity index (χ2v) is 4.18. The van der Waals surface area contributed by atoms with E-state index in [-0.39, 0.29) is 25.0 Å². The number of nitrogens with zero attached hydrogens (tertiary/aromatic N) is 1. The van der Waals surface area contributed by atoms with Gasteiger partial charge in [0.05, 0.1) is 19.7 Å². The maximum absolute atomic E-state index is 11.4. The van der Waals surface area contributed by atoms with Gasteiger partial charge in [-0.2, -0.15) is 0 Å². The summed E-state index contributed by atoms with van der Waals surface area (Å²) in [7, 11) is 1.71. The van der Waals surface area contributed by atoms with Crippen molar-refractivity contribution in [3.05, 3.63) is 0 Å². The molecule has 1 amide bonds. The molecule has 0 aromatic carbocycles. The highest BCUT2D eigenvalue weighted by Gasteiger charge is 2.10. The lowest BCUT2D eigenvalue weighted by atomic mass is 10.2. The molecule has 0 aliphatic carbocycles. The Morgan fingerprint density at radius 2 is 1.94 bits per heavy atom. The van der Waals surface area contributed by atoms with Crippen LogP contribution in [0.2, 0.25) is 0 Å². The minimum Gasteiger partial charge on any atom is -0.465 e. The SMILES string of the molecule is CCOC(=O)CN(C)CC(=O)NCC(C)C. The van der Waals surface area contributed by atoms with E-state index in [0.717, 1.165) is 0 Å². The van der Waals surface area contributed by atoms with Crippen molar-refractivity contribution in [3.63, 3.8) is 0 Å². The molecule has 0 fully saturated rings. The molecule has 16 heavy (non-hydrogen) atoms. The second-order valence-electron chi connectivity index (χ2n) is 4.18. The van der Waals surface area contributed by atoms with Crippen LogP contribution in [0.4, 0.5) is 0 Å². The lowest BCUT2D eigenvalue weighted by molar-refractivity contribution is -0.144. The predicted octanol–water partition coefficient (Wildman–Crippen LogP) is 0.254. The highest BCUT2D eigenvalue weighted by molar-refractivity contribution is 5.79. The number of hydrogen-bond acceptors (Lipinski definition) is 4. The van der Waals surface area contributed by atoms with Gasteiger partial charge in [0.25, 0.3) is 0 Å². The van der Waals surface area contributed by atoms with Gasteiger partial charge in [0.2, 0.25) is 5.91 Å². The summed E-state index contributed by atoms with van der Waals surface area (Å²) < 4.78 is 4.78. The zero-order chi connectivity index (χ0) is 12.6. The standard InChI is InChI=1S/C11H22N2O3/c1-5-16-11(15)8-13(4)7-10(14)12-6-9(2)3/h9H,5-8H2,1-4H3,(H,12,14). The van der Waals surface area contributed by atoms with Crippen LogP contribution in [0, 0.1) is 5.92 Å². The van der Waals surface area contributed by atoms with Gasteiger partial charge >= 0.3 is 5.97 Å². The summed E-state index contributed by atoms with van der Waals surface area (Å²) in [6, 6.07) is 0. The van der Waals surface area contributed by atoms with E-state index >= 15 is 0 Å². The number of rotatable bonds is 7. The number of carbonyl (C=O) groups is 2. The molecule has 0 rings (SSSR count). The first-order valence-electron chi connectivity index (χ1n) is 5.56. The molecule has 0 bridgehead atoms. The van der Waals surface area contributed by atoms with Gasteiger partial charge in [0.15, 0.2) is 0 Å². The Labute approximate surface area is 97.1 Å². The first-order chi connectivity index (χ1) is 7.45. The molecule has 5 heteroatoms. The van der Waals surface area contributed by atoms with Crippen molar-refractivity contribution in [3.8, 4) is 0 Å². The molecule has 5 nitrogen and oxygen atoms in total. The fourth-order valence-corrected chi connectivity index (χ4v) is 1.10. The summed E-state index contributed by atoms with van der Waals surface area (Å²) in [5.41, 5.74) is 0. The van der Waals surface area contributed by atoms with Crippen molar-refractivity contribution < 1.29 is 14.3 Å². The summed E-state index contributed by atoms with van der Waals surface area (Å²) >= 11 is 0. The molecule has 1 N–H and O–H groups in total. The smallest absolute Gasteiger partial charge is 0.320 e. The van der Waals surface area contributed by atoms with Crippen LogP contribution in [0.1, 0.15) is 20.8 Å². The molecule has 0 saturated carbocycles. The van der Waals surface area contributed by atoms with E-state index in [1.807, 2.05) is 13.8 Å². The number of likely N-dealkylation sites (N-methyl/N-ethyl adjacent to an activating group) is 1. The van der Waals surface area contributed by atoms with Crippen LogP contribution in [0.5, 0.6) is 0 Å². The van der Waals surface area contributed by atoms with E-state index in [2.05, 4.69) is 5.32 Å². The van der Waals surface area contributed by atoms with Crippen molar-refractivity contribution in [1.29, 1.82) is 0 Å². The number of nitrogens with one attached hydrogen (secondary N) is 1. The Kier molecular flexibility index (Phi) is 7.54. The molecule has 0 heterocycles. The van der Waals surface area contributed by atoms with Gasteiger partial charge in [-0.05, 0) is 19.9 Å². The van der Waals surface area contributed by atoms with Crippen LogP contribution in [0.3, 0.4) is 0 Å².